The van der Waals surface area contributed by atoms with E-state index in [0.717, 1.165) is 32.7 Å². The SMILES string of the molecule is CCN1c2cc(Cl)c(/C=C3/C(=O)NC(=O)N(c4ccc(Br)cc4C)C3=O)cc2C(C)=CC1(C)C. The van der Waals surface area contributed by atoms with Gasteiger partial charge in [0.2, 0.25) is 0 Å². The number of nitrogens with zero attached hydrogens (tertiary/aromatic N) is 2. The number of urea groups is 1. The van der Waals surface area contributed by atoms with Gasteiger partial charge in [-0.2, -0.15) is 0 Å². The minimum atomic E-state index is -0.784. The summed E-state index contributed by atoms with van der Waals surface area (Å²) < 4.78 is 0.819. The number of fused-ring (bicyclic) bond motifs is 1. The molecule has 1 fully saturated rings. The second-order valence-electron chi connectivity index (χ2n) is 9.00. The number of anilines is 2. The van der Waals surface area contributed by atoms with Crippen molar-refractivity contribution in [1.82, 2.24) is 5.32 Å². The number of halogens is 2. The van der Waals surface area contributed by atoms with Crippen LogP contribution in [0.25, 0.3) is 11.6 Å². The number of likely N-dealkylation sites (N-methyl/N-ethyl adjacent to an activating group) is 1. The van der Waals surface area contributed by atoms with E-state index >= 15 is 0 Å². The van der Waals surface area contributed by atoms with Crippen molar-refractivity contribution >= 4 is 68.4 Å². The van der Waals surface area contributed by atoms with Crippen LogP contribution in [0.15, 0.2) is 46.5 Å². The van der Waals surface area contributed by atoms with Gasteiger partial charge in [-0.3, -0.25) is 14.9 Å². The van der Waals surface area contributed by atoms with Crippen molar-refractivity contribution in [2.24, 2.45) is 0 Å². The highest BCUT2D eigenvalue weighted by Gasteiger charge is 2.38. The molecule has 34 heavy (non-hydrogen) atoms. The lowest BCUT2D eigenvalue weighted by Crippen LogP contribution is -2.54. The predicted octanol–water partition coefficient (Wildman–Crippen LogP) is 6.10. The van der Waals surface area contributed by atoms with E-state index in [1.807, 2.05) is 19.1 Å². The van der Waals surface area contributed by atoms with Crippen molar-refractivity contribution in [1.29, 1.82) is 0 Å². The number of nitrogens with one attached hydrogen (secondary N) is 1. The Morgan fingerprint density at radius 3 is 2.44 bits per heavy atom. The molecule has 176 valence electrons. The molecule has 2 aromatic carbocycles. The number of barbiturate groups is 1. The van der Waals surface area contributed by atoms with Gasteiger partial charge in [0.25, 0.3) is 11.8 Å². The van der Waals surface area contributed by atoms with Crippen LogP contribution in [0.5, 0.6) is 0 Å². The number of hydrogen-bond donors (Lipinski definition) is 1. The van der Waals surface area contributed by atoms with Gasteiger partial charge in [0, 0.05) is 27.3 Å². The van der Waals surface area contributed by atoms with Crippen molar-refractivity contribution < 1.29 is 14.4 Å². The molecule has 6 nitrogen and oxygen atoms in total. The van der Waals surface area contributed by atoms with E-state index in [1.165, 1.54) is 6.08 Å². The van der Waals surface area contributed by atoms with E-state index in [4.69, 9.17) is 11.6 Å². The molecular formula is C26H25BrClN3O3. The van der Waals surface area contributed by atoms with Crippen LogP contribution in [-0.2, 0) is 9.59 Å². The number of allylic oxidation sites excluding steroid dienone is 1. The average Bonchev–Trinajstić information content (AvgIpc) is 2.72. The van der Waals surface area contributed by atoms with Crippen LogP contribution in [0.3, 0.4) is 0 Å². The van der Waals surface area contributed by atoms with Crippen molar-refractivity contribution in [3.8, 4) is 0 Å². The molecule has 1 N–H and O–H groups in total. The molecule has 2 heterocycles. The minimum absolute atomic E-state index is 0.158. The topological polar surface area (TPSA) is 69.7 Å². The van der Waals surface area contributed by atoms with Gasteiger partial charge in [-0.15, -0.1) is 0 Å². The van der Waals surface area contributed by atoms with E-state index in [9.17, 15) is 14.4 Å². The quantitative estimate of drug-likeness (QED) is 0.376. The Bertz CT molecular complexity index is 1310. The van der Waals surface area contributed by atoms with E-state index in [-0.39, 0.29) is 11.1 Å². The summed E-state index contributed by atoms with van der Waals surface area (Å²) in [6.45, 7) is 11.0. The molecule has 4 rings (SSSR count). The molecule has 1 saturated heterocycles. The summed E-state index contributed by atoms with van der Waals surface area (Å²) in [7, 11) is 0. The van der Waals surface area contributed by atoms with Crippen LogP contribution < -0.4 is 15.1 Å². The highest BCUT2D eigenvalue weighted by atomic mass is 79.9. The van der Waals surface area contributed by atoms with Crippen LogP contribution in [0.1, 0.15) is 44.4 Å². The standard InChI is InChI=1S/C26H25BrClN3O3/c1-6-30-22-12-20(28)16(10-18(22)15(3)13-26(30,4)5)11-19-23(32)29-25(34)31(24(19)33)21-8-7-17(27)9-14(21)2/h7-13H,6H2,1-5H3,(H,29,32,34)/b19-11-. The van der Waals surface area contributed by atoms with Crippen molar-refractivity contribution in [2.75, 3.05) is 16.3 Å². The summed E-state index contributed by atoms with van der Waals surface area (Å²) in [5.74, 6) is -1.45. The molecular weight excluding hydrogens is 518 g/mol. The summed E-state index contributed by atoms with van der Waals surface area (Å²) >= 11 is 10.0. The van der Waals surface area contributed by atoms with Crippen molar-refractivity contribution in [2.45, 2.75) is 40.2 Å². The Kier molecular flexibility index (Phi) is 6.21. The van der Waals surface area contributed by atoms with Gasteiger partial charge in [0.05, 0.1) is 11.2 Å². The second kappa shape index (κ2) is 8.71. The van der Waals surface area contributed by atoms with Gasteiger partial charge in [-0.1, -0.05) is 33.6 Å². The van der Waals surface area contributed by atoms with Crippen LogP contribution in [0, 0.1) is 6.92 Å². The molecule has 0 bridgehead atoms. The Balaban J connectivity index is 1.81. The number of rotatable bonds is 3. The third-order valence-corrected chi connectivity index (χ3v) is 7.03. The highest BCUT2D eigenvalue weighted by Crippen LogP contribution is 2.42. The van der Waals surface area contributed by atoms with Crippen molar-refractivity contribution in [3.05, 3.63) is 68.2 Å². The van der Waals surface area contributed by atoms with Crippen LogP contribution in [0.2, 0.25) is 5.02 Å². The zero-order valence-corrected chi connectivity index (χ0v) is 22.0. The zero-order chi connectivity index (χ0) is 24.9. The smallest absolute Gasteiger partial charge is 0.335 e. The maximum Gasteiger partial charge on any atom is 0.335 e. The fourth-order valence-corrected chi connectivity index (χ4v) is 5.39. The molecule has 0 unspecified atom stereocenters. The first kappa shape index (κ1) is 24.2. The minimum Gasteiger partial charge on any atom is -0.363 e. The normalized spacial score (nSPS) is 18.7. The van der Waals surface area contributed by atoms with Gasteiger partial charge >= 0.3 is 6.03 Å². The maximum atomic E-state index is 13.3. The number of amides is 4. The van der Waals surface area contributed by atoms with E-state index in [1.54, 1.807) is 25.1 Å². The molecule has 0 aliphatic carbocycles. The first-order valence-electron chi connectivity index (χ1n) is 10.9. The second-order valence-corrected chi connectivity index (χ2v) is 10.3. The van der Waals surface area contributed by atoms with Crippen LogP contribution >= 0.6 is 27.5 Å². The molecule has 0 saturated carbocycles. The number of imide groups is 2. The van der Waals surface area contributed by atoms with Gasteiger partial charge < -0.3 is 4.90 Å². The van der Waals surface area contributed by atoms with Gasteiger partial charge in [-0.25, -0.2) is 9.69 Å². The van der Waals surface area contributed by atoms with Gasteiger partial charge in [0.15, 0.2) is 0 Å². The first-order valence-corrected chi connectivity index (χ1v) is 12.1. The number of hydrogen-bond acceptors (Lipinski definition) is 4. The molecule has 0 spiro atoms. The van der Waals surface area contributed by atoms with E-state index in [0.29, 0.717) is 21.8 Å². The lowest BCUT2D eigenvalue weighted by atomic mass is 9.87. The third kappa shape index (κ3) is 4.07. The highest BCUT2D eigenvalue weighted by molar-refractivity contribution is 9.10. The number of carbonyl (C=O) groups is 3. The molecule has 2 aliphatic heterocycles. The third-order valence-electron chi connectivity index (χ3n) is 6.21. The summed E-state index contributed by atoms with van der Waals surface area (Å²) in [4.78, 5) is 41.8. The maximum absolute atomic E-state index is 13.3. The van der Waals surface area contributed by atoms with Crippen molar-refractivity contribution in [3.63, 3.8) is 0 Å². The fourth-order valence-electron chi connectivity index (χ4n) is 4.70. The first-order chi connectivity index (χ1) is 15.9. The predicted molar refractivity (Wildman–Crippen MR) is 140 cm³/mol. The average molecular weight is 543 g/mol. The monoisotopic (exact) mass is 541 g/mol. The Morgan fingerprint density at radius 1 is 1.09 bits per heavy atom. The molecule has 4 amide bonds. The Labute approximate surface area is 212 Å². The number of aryl methyl sites for hydroxylation is 1. The van der Waals surface area contributed by atoms with Gasteiger partial charge in [0.1, 0.15) is 5.57 Å². The number of carbonyl (C=O) groups excluding carboxylic acids is 3. The van der Waals surface area contributed by atoms with Crippen LogP contribution in [-0.4, -0.2) is 29.9 Å². The van der Waals surface area contributed by atoms with E-state index < -0.39 is 17.8 Å². The molecule has 2 aromatic rings. The molecule has 8 heteroatoms. The summed E-state index contributed by atoms with van der Waals surface area (Å²) in [5.41, 5.74) is 4.39. The summed E-state index contributed by atoms with van der Waals surface area (Å²) in [6, 6.07) is 8.17. The number of benzene rings is 2. The summed E-state index contributed by atoms with van der Waals surface area (Å²) in [5, 5.41) is 2.69. The largest absolute Gasteiger partial charge is 0.363 e. The summed E-state index contributed by atoms with van der Waals surface area (Å²) in [6.07, 6.45) is 3.65. The Hall–Kier alpha value is -2.90. The van der Waals surface area contributed by atoms with E-state index in [2.05, 4.69) is 53.0 Å². The lowest BCUT2D eigenvalue weighted by Gasteiger charge is -2.43. The Morgan fingerprint density at radius 2 is 1.79 bits per heavy atom. The molecule has 0 atom stereocenters. The molecule has 0 radical (unpaired) electrons. The van der Waals surface area contributed by atoms with Crippen LogP contribution in [0.4, 0.5) is 16.2 Å². The van der Waals surface area contributed by atoms with Gasteiger partial charge in [-0.05, 0) is 87.7 Å². The fraction of sp³-hybridized carbons (Fsp3) is 0.269. The molecule has 0 aromatic heterocycles. The lowest BCUT2D eigenvalue weighted by molar-refractivity contribution is -0.122. The zero-order valence-electron chi connectivity index (χ0n) is 19.6. The molecule has 2 aliphatic rings.